The van der Waals surface area contributed by atoms with Crippen molar-refractivity contribution in [3.8, 4) is 11.6 Å². The Morgan fingerprint density at radius 3 is 2.43 bits per heavy atom. The Bertz CT molecular complexity index is 657. The summed E-state index contributed by atoms with van der Waals surface area (Å²) in [7, 11) is 0. The Kier molecular flexibility index (Phi) is 4.28. The van der Waals surface area contributed by atoms with Gasteiger partial charge in [-0.3, -0.25) is 0 Å². The molecule has 1 aromatic carbocycles. The first-order valence-corrected chi connectivity index (χ1v) is 7.23. The lowest BCUT2D eigenvalue weighted by Crippen LogP contribution is -2.13. The van der Waals surface area contributed by atoms with Gasteiger partial charge in [-0.2, -0.15) is 0 Å². The standard InChI is InChI=1S/C17H20N2OS/c1-11-5-7-14(13(9-11)17(2,3)4)20-15-8-6-12(10-19-15)16(18)21/h5-10H,1-4H3,(H2,18,21). The Hall–Kier alpha value is -1.94. The molecule has 0 bridgehead atoms. The lowest BCUT2D eigenvalue weighted by molar-refractivity contribution is 0.439. The number of nitrogens with two attached hydrogens (primary N) is 1. The van der Waals surface area contributed by atoms with Gasteiger partial charge in [-0.05, 0) is 24.5 Å². The van der Waals surface area contributed by atoms with Gasteiger partial charge in [0.15, 0.2) is 0 Å². The lowest BCUT2D eigenvalue weighted by atomic mass is 9.85. The number of hydrogen-bond acceptors (Lipinski definition) is 3. The quantitative estimate of drug-likeness (QED) is 0.866. The molecular formula is C17H20N2OS. The van der Waals surface area contributed by atoms with Crippen LogP contribution >= 0.6 is 12.2 Å². The van der Waals surface area contributed by atoms with E-state index < -0.39 is 0 Å². The third-order valence-electron chi connectivity index (χ3n) is 3.18. The highest BCUT2D eigenvalue weighted by molar-refractivity contribution is 7.80. The Morgan fingerprint density at radius 1 is 1.19 bits per heavy atom. The fourth-order valence-corrected chi connectivity index (χ4v) is 2.14. The Morgan fingerprint density at radius 2 is 1.90 bits per heavy atom. The van der Waals surface area contributed by atoms with E-state index in [1.54, 1.807) is 12.3 Å². The highest BCUT2D eigenvalue weighted by Crippen LogP contribution is 2.34. The molecule has 0 saturated carbocycles. The summed E-state index contributed by atoms with van der Waals surface area (Å²) in [6, 6.07) is 9.77. The third-order valence-corrected chi connectivity index (χ3v) is 3.41. The minimum absolute atomic E-state index is 0.000118. The maximum atomic E-state index is 5.93. The topological polar surface area (TPSA) is 48.1 Å². The molecule has 2 N–H and O–H groups in total. The molecule has 0 spiro atoms. The summed E-state index contributed by atoms with van der Waals surface area (Å²) in [5.74, 6) is 1.35. The first kappa shape index (κ1) is 15.4. The van der Waals surface area contributed by atoms with Crippen molar-refractivity contribution < 1.29 is 4.74 Å². The molecular weight excluding hydrogens is 280 g/mol. The summed E-state index contributed by atoms with van der Waals surface area (Å²) in [4.78, 5) is 4.58. The summed E-state index contributed by atoms with van der Waals surface area (Å²) >= 11 is 4.92. The normalized spacial score (nSPS) is 11.2. The molecule has 0 radical (unpaired) electrons. The molecule has 3 nitrogen and oxygen atoms in total. The molecule has 0 saturated heterocycles. The number of nitrogens with zero attached hydrogens (tertiary/aromatic N) is 1. The van der Waals surface area contributed by atoms with Crippen molar-refractivity contribution in [2.45, 2.75) is 33.1 Å². The predicted octanol–water partition coefficient (Wildman–Crippen LogP) is 4.11. The van der Waals surface area contributed by atoms with E-state index >= 15 is 0 Å². The van der Waals surface area contributed by atoms with Gasteiger partial charge < -0.3 is 10.5 Å². The van der Waals surface area contributed by atoms with Crippen LogP contribution in [0.15, 0.2) is 36.5 Å². The summed E-state index contributed by atoms with van der Waals surface area (Å²) in [5.41, 5.74) is 8.67. The van der Waals surface area contributed by atoms with Gasteiger partial charge in [0.2, 0.25) is 5.88 Å². The SMILES string of the molecule is Cc1ccc(Oc2ccc(C(N)=S)cn2)c(C(C)(C)C)c1. The van der Waals surface area contributed by atoms with E-state index in [1.807, 2.05) is 18.2 Å². The van der Waals surface area contributed by atoms with Crippen LogP contribution in [0.5, 0.6) is 11.6 Å². The van der Waals surface area contributed by atoms with Gasteiger partial charge in [0, 0.05) is 23.4 Å². The molecule has 1 aromatic heterocycles. The zero-order valence-corrected chi connectivity index (χ0v) is 13.6. The minimum atomic E-state index is 0.000118. The smallest absolute Gasteiger partial charge is 0.219 e. The van der Waals surface area contributed by atoms with Crippen LogP contribution in [-0.4, -0.2) is 9.97 Å². The number of aromatic nitrogens is 1. The van der Waals surface area contributed by atoms with Crippen LogP contribution in [-0.2, 0) is 5.41 Å². The summed E-state index contributed by atoms with van der Waals surface area (Å²) in [6.07, 6.45) is 1.63. The van der Waals surface area contributed by atoms with Crippen molar-refractivity contribution in [1.82, 2.24) is 4.98 Å². The molecule has 110 valence electrons. The zero-order chi connectivity index (χ0) is 15.6. The lowest BCUT2D eigenvalue weighted by Gasteiger charge is -2.23. The Balaban J connectivity index is 2.33. The molecule has 2 aromatic rings. The van der Waals surface area contributed by atoms with Crippen molar-refractivity contribution in [1.29, 1.82) is 0 Å². The molecule has 1 heterocycles. The van der Waals surface area contributed by atoms with E-state index in [9.17, 15) is 0 Å². The fraction of sp³-hybridized carbons (Fsp3) is 0.294. The van der Waals surface area contributed by atoms with Crippen LogP contribution in [0.25, 0.3) is 0 Å². The molecule has 0 aliphatic carbocycles. The van der Waals surface area contributed by atoms with Crippen LogP contribution in [0.2, 0.25) is 0 Å². The molecule has 4 heteroatoms. The second kappa shape index (κ2) is 5.82. The van der Waals surface area contributed by atoms with Crippen molar-refractivity contribution >= 4 is 17.2 Å². The van der Waals surface area contributed by atoms with E-state index in [1.165, 1.54) is 5.56 Å². The average molecular weight is 300 g/mol. The fourth-order valence-electron chi connectivity index (χ4n) is 2.02. The van der Waals surface area contributed by atoms with Gasteiger partial charge >= 0.3 is 0 Å². The van der Waals surface area contributed by atoms with Crippen molar-refractivity contribution in [2.75, 3.05) is 0 Å². The predicted molar refractivity (Wildman–Crippen MR) is 90.1 cm³/mol. The number of ether oxygens (including phenoxy) is 1. The molecule has 0 fully saturated rings. The van der Waals surface area contributed by atoms with Crippen LogP contribution in [0.4, 0.5) is 0 Å². The van der Waals surface area contributed by atoms with E-state index in [2.05, 4.69) is 38.7 Å². The van der Waals surface area contributed by atoms with Crippen LogP contribution in [0.1, 0.15) is 37.5 Å². The molecule has 0 atom stereocenters. The molecule has 2 rings (SSSR count). The zero-order valence-electron chi connectivity index (χ0n) is 12.8. The van der Waals surface area contributed by atoms with E-state index in [-0.39, 0.29) is 5.41 Å². The maximum Gasteiger partial charge on any atom is 0.219 e. The summed E-state index contributed by atoms with van der Waals surface area (Å²) in [5, 5.41) is 0. The number of hydrogen-bond donors (Lipinski definition) is 1. The number of thiocarbonyl (C=S) groups is 1. The van der Waals surface area contributed by atoms with Crippen molar-refractivity contribution in [3.05, 3.63) is 53.2 Å². The minimum Gasteiger partial charge on any atom is -0.439 e. The number of aryl methyl sites for hydroxylation is 1. The van der Waals surface area contributed by atoms with Gasteiger partial charge in [-0.1, -0.05) is 50.7 Å². The van der Waals surface area contributed by atoms with Gasteiger partial charge in [0.25, 0.3) is 0 Å². The number of benzene rings is 1. The molecule has 0 aliphatic rings. The van der Waals surface area contributed by atoms with Gasteiger partial charge in [0.05, 0.1) is 0 Å². The first-order chi connectivity index (χ1) is 9.77. The second-order valence-corrected chi connectivity index (χ2v) is 6.54. The van der Waals surface area contributed by atoms with Crippen molar-refractivity contribution in [3.63, 3.8) is 0 Å². The van der Waals surface area contributed by atoms with Crippen molar-refractivity contribution in [2.24, 2.45) is 5.73 Å². The maximum absolute atomic E-state index is 5.93. The van der Waals surface area contributed by atoms with Crippen LogP contribution < -0.4 is 10.5 Å². The van der Waals surface area contributed by atoms with Gasteiger partial charge in [-0.25, -0.2) is 4.98 Å². The Labute approximate surface area is 131 Å². The molecule has 0 aliphatic heterocycles. The highest BCUT2D eigenvalue weighted by atomic mass is 32.1. The molecule has 21 heavy (non-hydrogen) atoms. The summed E-state index contributed by atoms with van der Waals surface area (Å²) < 4.78 is 5.93. The van der Waals surface area contributed by atoms with Crippen LogP contribution in [0.3, 0.4) is 0 Å². The average Bonchev–Trinajstić information content (AvgIpc) is 2.40. The number of pyridine rings is 1. The largest absolute Gasteiger partial charge is 0.439 e. The monoisotopic (exact) mass is 300 g/mol. The van der Waals surface area contributed by atoms with Crippen LogP contribution in [0, 0.1) is 6.92 Å². The van der Waals surface area contributed by atoms with E-state index in [4.69, 9.17) is 22.7 Å². The molecule has 0 unspecified atom stereocenters. The van der Waals surface area contributed by atoms with Gasteiger partial charge in [0.1, 0.15) is 10.7 Å². The van der Waals surface area contributed by atoms with Gasteiger partial charge in [-0.15, -0.1) is 0 Å². The second-order valence-electron chi connectivity index (χ2n) is 6.10. The molecule has 0 amide bonds. The van der Waals surface area contributed by atoms with E-state index in [0.717, 1.165) is 16.9 Å². The highest BCUT2D eigenvalue weighted by Gasteiger charge is 2.19. The summed E-state index contributed by atoms with van der Waals surface area (Å²) in [6.45, 7) is 8.57. The van der Waals surface area contributed by atoms with E-state index in [0.29, 0.717) is 10.9 Å². The number of rotatable bonds is 3. The third kappa shape index (κ3) is 3.79. The first-order valence-electron chi connectivity index (χ1n) is 6.82.